The van der Waals surface area contributed by atoms with Gasteiger partial charge in [-0.3, -0.25) is 20.6 Å². The fraction of sp³-hybridized carbons (Fsp3) is 0.421. The number of hydrogen-bond acceptors (Lipinski definition) is 4. The number of hydrogen-bond donors (Lipinski definition) is 4. The summed E-state index contributed by atoms with van der Waals surface area (Å²) in [6.07, 6.45) is 5.36. The Balaban J connectivity index is 1.78. The van der Waals surface area contributed by atoms with Gasteiger partial charge in [0.2, 0.25) is 5.95 Å². The van der Waals surface area contributed by atoms with Crippen molar-refractivity contribution in [2.75, 3.05) is 12.0 Å². The van der Waals surface area contributed by atoms with Crippen LogP contribution in [0.2, 0.25) is 0 Å². The number of fused-ring (bicyclic) bond motifs is 4. The van der Waals surface area contributed by atoms with Crippen molar-refractivity contribution in [2.45, 2.75) is 44.4 Å². The second-order valence-electron chi connectivity index (χ2n) is 7.07. The third-order valence-electron chi connectivity index (χ3n) is 5.44. The molecule has 0 bridgehead atoms. The van der Waals surface area contributed by atoms with Gasteiger partial charge < -0.3 is 5.32 Å². The van der Waals surface area contributed by atoms with E-state index in [2.05, 4.69) is 39.4 Å². The maximum absolute atomic E-state index is 13.0. The van der Waals surface area contributed by atoms with Crippen molar-refractivity contribution < 1.29 is 0 Å². The largest absolute Gasteiger partial charge is 0.362 e. The lowest BCUT2D eigenvalue weighted by molar-refractivity contribution is 0.427. The molecule has 26 heavy (non-hydrogen) atoms. The van der Waals surface area contributed by atoms with Crippen molar-refractivity contribution in [3.8, 4) is 11.3 Å². The monoisotopic (exact) mass is 369 g/mol. The number of aromatic amines is 1. The molecule has 1 heterocycles. The highest BCUT2D eigenvalue weighted by molar-refractivity contribution is 7.80. The summed E-state index contributed by atoms with van der Waals surface area (Å²) in [6.45, 7) is 2.68. The van der Waals surface area contributed by atoms with Crippen LogP contribution in [-0.4, -0.2) is 21.6 Å². The average molecular weight is 369 g/mol. The number of H-pyrrole nitrogens is 1. The van der Waals surface area contributed by atoms with E-state index in [1.54, 1.807) is 0 Å². The number of hydrazine groups is 1. The van der Waals surface area contributed by atoms with Gasteiger partial charge in [-0.25, -0.2) is 4.98 Å². The van der Waals surface area contributed by atoms with E-state index in [9.17, 15) is 4.79 Å². The zero-order chi connectivity index (χ0) is 18.1. The number of nitrogens with zero attached hydrogens (tertiary/aromatic N) is 1. The van der Waals surface area contributed by atoms with Gasteiger partial charge in [-0.05, 0) is 44.0 Å². The molecule has 1 aromatic carbocycles. The molecule has 0 aliphatic heterocycles. The summed E-state index contributed by atoms with van der Waals surface area (Å²) >= 11 is 5.15. The number of thiocarbonyl (C=S) groups is 1. The van der Waals surface area contributed by atoms with Crippen molar-refractivity contribution in [3.63, 3.8) is 0 Å². The SMILES string of the molecule is CCNC(=S)NNc1nc2c(c(=O)[nH]1)C1(CCCC1)Cc1ccccc1-2. The van der Waals surface area contributed by atoms with E-state index >= 15 is 0 Å². The van der Waals surface area contributed by atoms with Crippen LogP contribution >= 0.6 is 12.2 Å². The second kappa shape index (κ2) is 6.72. The van der Waals surface area contributed by atoms with Crippen LogP contribution in [0.25, 0.3) is 11.3 Å². The van der Waals surface area contributed by atoms with Gasteiger partial charge in [0.05, 0.1) is 11.3 Å². The normalized spacial score (nSPS) is 16.7. The lowest BCUT2D eigenvalue weighted by Crippen LogP contribution is -2.41. The molecule has 2 aliphatic rings. The van der Waals surface area contributed by atoms with E-state index in [4.69, 9.17) is 17.2 Å². The van der Waals surface area contributed by atoms with Gasteiger partial charge in [0.1, 0.15) is 0 Å². The topological polar surface area (TPSA) is 81.8 Å². The fourth-order valence-electron chi connectivity index (χ4n) is 4.38. The third-order valence-corrected chi connectivity index (χ3v) is 5.69. The first-order valence-corrected chi connectivity index (χ1v) is 9.57. The highest BCUT2D eigenvalue weighted by Gasteiger charge is 2.43. The Labute approximate surface area is 157 Å². The predicted octanol–water partition coefficient (Wildman–Crippen LogP) is 2.62. The van der Waals surface area contributed by atoms with E-state index in [1.165, 1.54) is 18.4 Å². The van der Waals surface area contributed by atoms with Crippen LogP contribution in [0.4, 0.5) is 5.95 Å². The minimum Gasteiger partial charge on any atom is -0.362 e. The summed E-state index contributed by atoms with van der Waals surface area (Å²) in [5, 5.41) is 3.44. The maximum Gasteiger partial charge on any atom is 0.256 e. The van der Waals surface area contributed by atoms with Gasteiger partial charge >= 0.3 is 0 Å². The highest BCUT2D eigenvalue weighted by atomic mass is 32.1. The standard InChI is InChI=1S/C19H23N5OS/c1-2-20-18(26)24-23-17-21-15-13-8-4-3-7-12(13)11-19(9-5-6-10-19)14(15)16(25)22-17/h3-4,7-8H,2,5-6,9-11H2,1H3,(H2,20,24,26)(H2,21,22,23,25). The quantitative estimate of drug-likeness (QED) is 0.492. The molecule has 0 unspecified atom stereocenters. The zero-order valence-electron chi connectivity index (χ0n) is 14.8. The zero-order valence-corrected chi connectivity index (χ0v) is 15.6. The molecular formula is C19H23N5OS. The number of anilines is 1. The second-order valence-corrected chi connectivity index (χ2v) is 7.48. The maximum atomic E-state index is 13.0. The average Bonchev–Trinajstić information content (AvgIpc) is 3.08. The molecule has 1 aromatic heterocycles. The molecular weight excluding hydrogens is 346 g/mol. The Morgan fingerprint density at radius 1 is 1.31 bits per heavy atom. The van der Waals surface area contributed by atoms with Gasteiger partial charge in [-0.2, -0.15) is 0 Å². The van der Waals surface area contributed by atoms with E-state index in [0.717, 1.165) is 42.6 Å². The molecule has 1 spiro atoms. The summed E-state index contributed by atoms with van der Waals surface area (Å²) in [6, 6.07) is 8.29. The number of nitrogens with one attached hydrogen (secondary N) is 4. The third kappa shape index (κ3) is 2.86. The molecule has 0 saturated heterocycles. The van der Waals surface area contributed by atoms with Crippen molar-refractivity contribution in [1.29, 1.82) is 0 Å². The number of aromatic nitrogens is 2. The van der Waals surface area contributed by atoms with Crippen LogP contribution in [0, 0.1) is 0 Å². The number of benzene rings is 1. The van der Waals surface area contributed by atoms with Gasteiger partial charge in [0, 0.05) is 17.5 Å². The molecule has 2 aromatic rings. The Kier molecular flexibility index (Phi) is 4.40. The molecule has 0 amide bonds. The van der Waals surface area contributed by atoms with Crippen molar-refractivity contribution in [2.24, 2.45) is 0 Å². The van der Waals surface area contributed by atoms with Gasteiger partial charge in [-0.15, -0.1) is 0 Å². The minimum atomic E-state index is -0.0741. The van der Waals surface area contributed by atoms with E-state index in [1.807, 2.05) is 13.0 Å². The molecule has 0 atom stereocenters. The molecule has 2 aliphatic carbocycles. The minimum absolute atomic E-state index is 0.0509. The first-order valence-electron chi connectivity index (χ1n) is 9.16. The van der Waals surface area contributed by atoms with E-state index in [0.29, 0.717) is 11.1 Å². The number of rotatable bonds is 3. The first-order chi connectivity index (χ1) is 12.6. The lowest BCUT2D eigenvalue weighted by atomic mass is 9.68. The van der Waals surface area contributed by atoms with Crippen LogP contribution in [0.15, 0.2) is 29.1 Å². The molecule has 136 valence electrons. The summed E-state index contributed by atoms with van der Waals surface area (Å²) in [4.78, 5) is 20.7. The van der Waals surface area contributed by atoms with Crippen LogP contribution in [0.3, 0.4) is 0 Å². The molecule has 7 heteroatoms. The Morgan fingerprint density at radius 3 is 2.85 bits per heavy atom. The van der Waals surface area contributed by atoms with Crippen molar-refractivity contribution >= 4 is 23.3 Å². The molecule has 1 saturated carbocycles. The van der Waals surface area contributed by atoms with Crippen LogP contribution < -0.4 is 21.7 Å². The van der Waals surface area contributed by atoms with E-state index < -0.39 is 0 Å². The Bertz CT molecular complexity index is 901. The highest BCUT2D eigenvalue weighted by Crippen LogP contribution is 2.49. The lowest BCUT2D eigenvalue weighted by Gasteiger charge is -2.35. The van der Waals surface area contributed by atoms with Crippen molar-refractivity contribution in [1.82, 2.24) is 20.7 Å². The summed E-state index contributed by atoms with van der Waals surface area (Å²) in [7, 11) is 0. The van der Waals surface area contributed by atoms with Gasteiger partial charge in [0.25, 0.3) is 5.56 Å². The fourth-order valence-corrected chi connectivity index (χ4v) is 4.57. The van der Waals surface area contributed by atoms with Crippen LogP contribution in [0.1, 0.15) is 43.7 Å². The summed E-state index contributed by atoms with van der Waals surface area (Å²) < 4.78 is 0. The Morgan fingerprint density at radius 2 is 2.08 bits per heavy atom. The van der Waals surface area contributed by atoms with Gasteiger partial charge in [0.15, 0.2) is 5.11 Å². The summed E-state index contributed by atoms with van der Waals surface area (Å²) in [5.41, 5.74) is 9.64. The molecule has 6 nitrogen and oxygen atoms in total. The van der Waals surface area contributed by atoms with E-state index in [-0.39, 0.29) is 11.0 Å². The molecule has 1 fully saturated rings. The van der Waals surface area contributed by atoms with Gasteiger partial charge in [-0.1, -0.05) is 37.1 Å². The Hall–Kier alpha value is -2.41. The molecule has 4 N–H and O–H groups in total. The molecule has 4 rings (SSSR count). The van der Waals surface area contributed by atoms with Crippen LogP contribution in [-0.2, 0) is 11.8 Å². The molecule has 0 radical (unpaired) electrons. The van der Waals surface area contributed by atoms with Crippen molar-refractivity contribution in [3.05, 3.63) is 45.7 Å². The first kappa shape index (κ1) is 17.0. The van der Waals surface area contributed by atoms with Crippen LogP contribution in [0.5, 0.6) is 0 Å². The predicted molar refractivity (Wildman–Crippen MR) is 107 cm³/mol. The smallest absolute Gasteiger partial charge is 0.256 e. The summed E-state index contributed by atoms with van der Waals surface area (Å²) in [5.74, 6) is 0.374.